The van der Waals surface area contributed by atoms with Gasteiger partial charge < -0.3 is 13.0 Å². The van der Waals surface area contributed by atoms with Crippen molar-refractivity contribution in [1.82, 2.24) is 0 Å². The molecule has 0 bridgehead atoms. The van der Waals surface area contributed by atoms with Crippen molar-refractivity contribution < 1.29 is 13.0 Å². The lowest BCUT2D eigenvalue weighted by Crippen LogP contribution is -2.66. The van der Waals surface area contributed by atoms with Gasteiger partial charge in [0, 0.05) is 6.04 Å². The van der Waals surface area contributed by atoms with E-state index in [2.05, 4.69) is 75.1 Å². The molecule has 3 nitrogen and oxygen atoms in total. The maximum atomic E-state index is 10.9. The van der Waals surface area contributed by atoms with Gasteiger partial charge in [0.2, 0.25) is 18.1 Å². The molecule has 0 spiro atoms. The van der Waals surface area contributed by atoms with Gasteiger partial charge in [-0.1, -0.05) is 66.5 Å². The minimum absolute atomic E-state index is 0.340. The quantitative estimate of drug-likeness (QED) is 0.177. The smallest absolute Gasteiger partial charge is 0.321 e. The molecule has 0 amide bonds. The Hall–Kier alpha value is 0.228. The Bertz CT molecular complexity index is 571. The van der Waals surface area contributed by atoms with Gasteiger partial charge in [0.15, 0.2) is 8.32 Å². The van der Waals surface area contributed by atoms with Crippen molar-refractivity contribution in [3.63, 3.8) is 0 Å². The van der Waals surface area contributed by atoms with Crippen LogP contribution >= 0.6 is 0 Å². The zero-order valence-corrected chi connectivity index (χ0v) is 25.2. The first-order valence-electron chi connectivity index (χ1n) is 11.9. The Morgan fingerprint density at radius 1 is 1.20 bits per heavy atom. The van der Waals surface area contributed by atoms with E-state index >= 15 is 0 Å². The van der Waals surface area contributed by atoms with Crippen LogP contribution in [0.5, 0.6) is 0 Å². The van der Waals surface area contributed by atoms with Crippen LogP contribution in [0.2, 0.25) is 46.0 Å². The van der Waals surface area contributed by atoms with Crippen molar-refractivity contribution in [1.29, 1.82) is 0 Å². The number of hydrogen-bond donors (Lipinski definition) is 1. The zero-order valence-electron chi connectivity index (χ0n) is 21.2. The highest BCUT2D eigenvalue weighted by Gasteiger charge is 2.59. The van der Waals surface area contributed by atoms with Crippen LogP contribution in [0.25, 0.3) is 0 Å². The average Bonchev–Trinajstić information content (AvgIpc) is 2.65. The molecular formula is C23H48O3Si4. The summed E-state index contributed by atoms with van der Waals surface area (Å²) in [4.78, 5) is 10.9. The van der Waals surface area contributed by atoms with Crippen molar-refractivity contribution in [3.05, 3.63) is 24.8 Å². The number of allylic oxidation sites excluding steroid dienone is 2. The predicted molar refractivity (Wildman–Crippen MR) is 140 cm³/mol. The molecule has 0 aliphatic carbocycles. The van der Waals surface area contributed by atoms with Gasteiger partial charge in [0.25, 0.3) is 0 Å². The summed E-state index contributed by atoms with van der Waals surface area (Å²) < 4.78 is 14.4. The highest BCUT2D eigenvalue weighted by molar-refractivity contribution is 6.98. The Morgan fingerprint density at radius 2 is 1.80 bits per heavy atom. The summed E-state index contributed by atoms with van der Waals surface area (Å²) in [5.41, 5.74) is 2.90. The van der Waals surface area contributed by atoms with Crippen LogP contribution in [0, 0.1) is 0 Å². The van der Waals surface area contributed by atoms with E-state index in [1.165, 1.54) is 5.57 Å². The molecule has 1 heterocycles. The standard InChI is InChI=1S/C23H48O3Si4/c1-12-13-14-15-16-30(17-18(2)3)25-28(22(9)21(8)27(24)19(4)5)23(10)29(11,26-30)20(6)7/h12,19-24H,1-2,13-17H2,3-11H3. The molecule has 1 rings (SSSR count). The minimum Gasteiger partial charge on any atom is -0.436 e. The number of rotatable bonds is 12. The third-order valence-corrected chi connectivity index (χ3v) is 26.9. The van der Waals surface area contributed by atoms with Gasteiger partial charge in [-0.05, 0) is 59.7 Å². The molecule has 1 aliphatic rings. The Balaban J connectivity index is 3.31. The molecule has 7 heteroatoms. The second kappa shape index (κ2) is 11.9. The molecule has 174 valence electrons. The van der Waals surface area contributed by atoms with Crippen molar-refractivity contribution >= 4 is 35.0 Å². The summed E-state index contributed by atoms with van der Waals surface area (Å²) in [5.74, 6) is 0. The fourth-order valence-corrected chi connectivity index (χ4v) is 26.4. The zero-order chi connectivity index (χ0) is 23.3. The van der Waals surface area contributed by atoms with Crippen LogP contribution in [0.4, 0.5) is 0 Å². The molecule has 1 saturated heterocycles. The number of unbranched alkanes of at least 4 members (excludes halogenated alkanes) is 2. The number of hydrogen-bond acceptors (Lipinski definition) is 3. The Morgan fingerprint density at radius 3 is 2.27 bits per heavy atom. The highest BCUT2D eigenvalue weighted by atomic mass is 28.5. The topological polar surface area (TPSA) is 38.7 Å². The summed E-state index contributed by atoms with van der Waals surface area (Å²) in [6.07, 6.45) is 5.37. The van der Waals surface area contributed by atoms with Crippen molar-refractivity contribution in [2.24, 2.45) is 0 Å². The normalized spacial score (nSPS) is 30.1. The summed E-state index contributed by atoms with van der Waals surface area (Å²) >= 11 is 0. The third-order valence-electron chi connectivity index (χ3n) is 7.19. The lowest BCUT2D eigenvalue weighted by atomic mass is 10.2. The van der Waals surface area contributed by atoms with Gasteiger partial charge in [-0.3, -0.25) is 0 Å². The molecule has 1 aliphatic heterocycles. The van der Waals surface area contributed by atoms with E-state index in [1.807, 2.05) is 6.08 Å². The van der Waals surface area contributed by atoms with Crippen LogP contribution in [-0.4, -0.2) is 39.8 Å². The molecule has 0 aromatic heterocycles. The summed E-state index contributed by atoms with van der Waals surface area (Å²) in [6.45, 7) is 28.8. The molecular weight excluding hydrogens is 437 g/mol. The summed E-state index contributed by atoms with van der Waals surface area (Å²) in [7, 11) is -6.85. The molecule has 2 radical (unpaired) electrons. The lowest BCUT2D eigenvalue weighted by molar-refractivity contribution is 0.332. The van der Waals surface area contributed by atoms with Crippen LogP contribution in [0.1, 0.15) is 74.7 Å². The van der Waals surface area contributed by atoms with E-state index in [-0.39, 0.29) is 0 Å². The van der Waals surface area contributed by atoms with Gasteiger partial charge in [-0.2, -0.15) is 0 Å². The van der Waals surface area contributed by atoms with Gasteiger partial charge in [0.05, 0.1) is 0 Å². The van der Waals surface area contributed by atoms with Gasteiger partial charge in [-0.15, -0.1) is 13.2 Å². The predicted octanol–water partition coefficient (Wildman–Crippen LogP) is 7.49. The van der Waals surface area contributed by atoms with Gasteiger partial charge >= 0.3 is 8.56 Å². The van der Waals surface area contributed by atoms with E-state index < -0.39 is 35.0 Å². The van der Waals surface area contributed by atoms with Crippen LogP contribution in [-0.2, 0) is 8.23 Å². The second-order valence-corrected chi connectivity index (χ2v) is 25.2. The largest absolute Gasteiger partial charge is 0.436 e. The fraction of sp³-hybridized carbons (Fsp3) is 0.826. The highest BCUT2D eigenvalue weighted by Crippen LogP contribution is 2.50. The fourth-order valence-electron chi connectivity index (χ4n) is 4.63. The van der Waals surface area contributed by atoms with E-state index in [1.54, 1.807) is 0 Å². The maximum Gasteiger partial charge on any atom is 0.321 e. The van der Waals surface area contributed by atoms with Gasteiger partial charge in [0.1, 0.15) is 0 Å². The molecule has 30 heavy (non-hydrogen) atoms. The first kappa shape index (κ1) is 28.3. The van der Waals surface area contributed by atoms with Crippen LogP contribution in [0.3, 0.4) is 0 Å². The molecule has 5 unspecified atom stereocenters. The molecule has 5 atom stereocenters. The monoisotopic (exact) mass is 484 g/mol. The van der Waals surface area contributed by atoms with E-state index in [9.17, 15) is 4.80 Å². The van der Waals surface area contributed by atoms with Crippen molar-refractivity contribution in [3.8, 4) is 0 Å². The molecule has 1 fully saturated rings. The maximum absolute atomic E-state index is 10.9. The molecule has 0 aromatic carbocycles. The first-order chi connectivity index (χ1) is 13.8. The minimum atomic E-state index is -2.37. The molecule has 0 saturated carbocycles. The first-order valence-corrected chi connectivity index (χ1v) is 19.8. The lowest BCUT2D eigenvalue weighted by Gasteiger charge is -2.54. The Labute approximate surface area is 193 Å². The van der Waals surface area contributed by atoms with Gasteiger partial charge in [-0.25, -0.2) is 0 Å². The van der Waals surface area contributed by atoms with Crippen molar-refractivity contribution in [2.75, 3.05) is 0 Å². The van der Waals surface area contributed by atoms with Crippen LogP contribution < -0.4 is 0 Å². The van der Waals surface area contributed by atoms with E-state index in [4.69, 9.17) is 8.23 Å². The summed E-state index contributed by atoms with van der Waals surface area (Å²) in [6, 6.07) is 1.98. The van der Waals surface area contributed by atoms with Crippen molar-refractivity contribution in [2.45, 2.75) is 121 Å². The van der Waals surface area contributed by atoms with E-state index in [0.717, 1.165) is 31.4 Å². The van der Waals surface area contributed by atoms with E-state index in [0.29, 0.717) is 27.3 Å². The average molecular weight is 485 g/mol. The van der Waals surface area contributed by atoms with Crippen LogP contribution in [0.15, 0.2) is 24.8 Å². The SMILES string of the molecule is C=CCCCC[Si]1(CC(=C)C)O[Si](C(C)C(C)[Si](O)C(C)C)C(C)[Si](C)(C(C)C)O1. The molecule has 1 N–H and O–H groups in total. The summed E-state index contributed by atoms with van der Waals surface area (Å²) in [5, 5.41) is 0.515. The Kier molecular flexibility index (Phi) is 11.2. The molecule has 0 aromatic rings. The second-order valence-electron chi connectivity index (χ2n) is 10.4. The third kappa shape index (κ3) is 6.86.